The first-order valence-electron chi connectivity index (χ1n) is 7.43. The zero-order valence-corrected chi connectivity index (χ0v) is 14.8. The van der Waals surface area contributed by atoms with Crippen LogP contribution in [0, 0.1) is 5.92 Å². The average Bonchev–Trinajstić information content (AvgIpc) is 2.33. The molecule has 1 aliphatic rings. The Hall–Kier alpha value is -0.910. The van der Waals surface area contributed by atoms with Crippen molar-refractivity contribution in [1.29, 1.82) is 0 Å². The summed E-state index contributed by atoms with van der Waals surface area (Å²) in [6.45, 7) is 12.6. The molecule has 0 radical (unpaired) electrons. The monoisotopic (exact) mass is 316 g/mol. The van der Waals surface area contributed by atoms with E-state index in [4.69, 9.17) is 4.74 Å². The number of carbonyl (C=O) groups is 1. The molecule has 1 atom stereocenters. The SMILES string of the molecule is CC(C)(C)OC(=O)N1CCC(C=N[S@](=O)C(C)(C)C)CC1. The van der Waals surface area contributed by atoms with Crippen LogP contribution in [0.5, 0.6) is 0 Å². The molecule has 0 aromatic carbocycles. The van der Waals surface area contributed by atoms with Crippen molar-refractivity contribution in [2.75, 3.05) is 13.1 Å². The molecule has 0 N–H and O–H groups in total. The van der Waals surface area contributed by atoms with Crippen molar-refractivity contribution in [2.24, 2.45) is 10.3 Å². The van der Waals surface area contributed by atoms with Gasteiger partial charge in [0.2, 0.25) is 0 Å². The number of hydrogen-bond acceptors (Lipinski definition) is 3. The summed E-state index contributed by atoms with van der Waals surface area (Å²) in [6.07, 6.45) is 3.22. The van der Waals surface area contributed by atoms with Gasteiger partial charge < -0.3 is 9.64 Å². The predicted octanol–water partition coefficient (Wildman–Crippen LogP) is 3.17. The molecule has 122 valence electrons. The quantitative estimate of drug-likeness (QED) is 0.735. The van der Waals surface area contributed by atoms with E-state index >= 15 is 0 Å². The molecule has 5 nitrogen and oxygen atoms in total. The number of rotatable bonds is 2. The van der Waals surface area contributed by atoms with Crippen LogP contribution in [0.15, 0.2) is 4.40 Å². The van der Waals surface area contributed by atoms with Gasteiger partial charge in [-0.3, -0.25) is 0 Å². The fourth-order valence-electron chi connectivity index (χ4n) is 1.86. The summed E-state index contributed by atoms with van der Waals surface area (Å²) >= 11 is 0. The van der Waals surface area contributed by atoms with Crippen LogP contribution in [0.2, 0.25) is 0 Å². The zero-order chi connectivity index (χ0) is 16.3. The largest absolute Gasteiger partial charge is 0.444 e. The molecular weight excluding hydrogens is 288 g/mol. The molecule has 1 amide bonds. The highest BCUT2D eigenvalue weighted by molar-refractivity contribution is 7.85. The molecule has 1 heterocycles. The van der Waals surface area contributed by atoms with E-state index in [1.54, 1.807) is 11.1 Å². The van der Waals surface area contributed by atoms with Crippen molar-refractivity contribution < 1.29 is 13.7 Å². The van der Waals surface area contributed by atoms with Gasteiger partial charge in [0.25, 0.3) is 0 Å². The van der Waals surface area contributed by atoms with Crippen LogP contribution in [-0.2, 0) is 15.7 Å². The summed E-state index contributed by atoms with van der Waals surface area (Å²) in [7, 11) is -1.21. The Balaban J connectivity index is 2.44. The maximum Gasteiger partial charge on any atom is 0.410 e. The lowest BCUT2D eigenvalue weighted by Crippen LogP contribution is -2.42. The van der Waals surface area contributed by atoms with Crippen molar-refractivity contribution in [1.82, 2.24) is 4.90 Å². The number of likely N-dealkylation sites (tertiary alicyclic amines) is 1. The van der Waals surface area contributed by atoms with E-state index in [2.05, 4.69) is 4.40 Å². The van der Waals surface area contributed by atoms with Gasteiger partial charge in [-0.1, -0.05) is 0 Å². The summed E-state index contributed by atoms with van der Waals surface area (Å²) < 4.78 is 21.1. The van der Waals surface area contributed by atoms with E-state index in [0.29, 0.717) is 13.1 Å². The highest BCUT2D eigenvalue weighted by Gasteiger charge is 2.26. The molecule has 0 aromatic rings. The molecule has 6 heteroatoms. The Bertz CT molecular complexity index is 414. The molecule has 1 rings (SSSR count). The summed E-state index contributed by atoms with van der Waals surface area (Å²) in [5, 5.41) is 0. The number of amides is 1. The normalized spacial score (nSPS) is 19.8. The van der Waals surface area contributed by atoms with Crippen molar-refractivity contribution in [3.05, 3.63) is 0 Å². The summed E-state index contributed by atoms with van der Waals surface area (Å²) in [5.41, 5.74) is -0.459. The molecule has 1 saturated heterocycles. The van der Waals surface area contributed by atoms with Crippen molar-refractivity contribution in [3.8, 4) is 0 Å². The van der Waals surface area contributed by atoms with Crippen LogP contribution in [0.25, 0.3) is 0 Å². The minimum Gasteiger partial charge on any atom is -0.444 e. The number of hydrogen-bond donors (Lipinski definition) is 0. The Morgan fingerprint density at radius 2 is 1.71 bits per heavy atom. The first kappa shape index (κ1) is 18.1. The summed E-state index contributed by atoms with van der Waals surface area (Å²) in [5.74, 6) is 0.287. The summed E-state index contributed by atoms with van der Waals surface area (Å²) in [6, 6.07) is 0. The number of carbonyl (C=O) groups excluding carboxylic acids is 1. The fraction of sp³-hybridized carbons (Fsp3) is 0.867. The molecule has 0 spiro atoms. The molecule has 1 aliphatic heterocycles. The van der Waals surface area contributed by atoms with Gasteiger partial charge in [0.05, 0.1) is 4.75 Å². The Morgan fingerprint density at radius 1 is 1.19 bits per heavy atom. The second-order valence-electron chi connectivity index (χ2n) is 7.42. The lowest BCUT2D eigenvalue weighted by Gasteiger charge is -2.32. The fourth-order valence-corrected chi connectivity index (χ4v) is 2.46. The highest BCUT2D eigenvalue weighted by atomic mass is 32.2. The molecule has 0 aromatic heterocycles. The second kappa shape index (κ2) is 6.90. The van der Waals surface area contributed by atoms with Gasteiger partial charge in [0.15, 0.2) is 0 Å². The third-order valence-electron chi connectivity index (χ3n) is 3.08. The lowest BCUT2D eigenvalue weighted by molar-refractivity contribution is 0.0203. The van der Waals surface area contributed by atoms with Crippen molar-refractivity contribution >= 4 is 23.3 Å². The van der Waals surface area contributed by atoms with E-state index in [0.717, 1.165) is 12.8 Å². The van der Waals surface area contributed by atoms with Crippen molar-refractivity contribution in [2.45, 2.75) is 64.7 Å². The molecule has 0 saturated carbocycles. The van der Waals surface area contributed by atoms with E-state index < -0.39 is 16.6 Å². The molecule has 0 unspecified atom stereocenters. The first-order valence-corrected chi connectivity index (χ1v) is 8.54. The Kier molecular flexibility index (Phi) is 5.96. The van der Waals surface area contributed by atoms with Crippen LogP contribution in [0.1, 0.15) is 54.4 Å². The van der Waals surface area contributed by atoms with Crippen molar-refractivity contribution in [3.63, 3.8) is 0 Å². The first-order chi connectivity index (χ1) is 9.49. The third kappa shape index (κ3) is 6.59. The van der Waals surface area contributed by atoms with Crippen LogP contribution < -0.4 is 0 Å². The van der Waals surface area contributed by atoms with E-state index in [1.165, 1.54) is 0 Å². The van der Waals surface area contributed by atoms with Gasteiger partial charge in [-0.25, -0.2) is 9.00 Å². The van der Waals surface area contributed by atoms with E-state index in [1.807, 2.05) is 41.5 Å². The maximum absolute atomic E-state index is 11.9. The number of piperidine rings is 1. The Morgan fingerprint density at radius 3 is 2.14 bits per heavy atom. The zero-order valence-electron chi connectivity index (χ0n) is 14.0. The molecule has 21 heavy (non-hydrogen) atoms. The van der Waals surface area contributed by atoms with Crippen LogP contribution >= 0.6 is 0 Å². The molecule has 0 aliphatic carbocycles. The molecule has 0 bridgehead atoms. The van der Waals surface area contributed by atoms with Gasteiger partial charge in [-0.05, 0) is 60.3 Å². The van der Waals surface area contributed by atoms with Gasteiger partial charge >= 0.3 is 6.09 Å². The van der Waals surface area contributed by atoms with E-state index in [-0.39, 0.29) is 16.8 Å². The van der Waals surface area contributed by atoms with Crippen LogP contribution in [0.3, 0.4) is 0 Å². The van der Waals surface area contributed by atoms with Gasteiger partial charge in [0, 0.05) is 19.3 Å². The smallest absolute Gasteiger partial charge is 0.410 e. The highest BCUT2D eigenvalue weighted by Crippen LogP contribution is 2.19. The number of nitrogens with zero attached hydrogens (tertiary/aromatic N) is 2. The molecular formula is C15H28N2O3S. The summed E-state index contributed by atoms with van der Waals surface area (Å²) in [4.78, 5) is 13.7. The number of ether oxygens (including phenoxy) is 1. The minimum absolute atomic E-state index is 0.254. The molecule has 1 fully saturated rings. The third-order valence-corrected chi connectivity index (χ3v) is 4.44. The van der Waals surface area contributed by atoms with Gasteiger partial charge in [-0.15, -0.1) is 0 Å². The second-order valence-corrected chi connectivity index (χ2v) is 9.35. The topological polar surface area (TPSA) is 59.0 Å². The van der Waals surface area contributed by atoms with Gasteiger partial charge in [0.1, 0.15) is 16.6 Å². The Labute approximate surface area is 130 Å². The van der Waals surface area contributed by atoms with Gasteiger partial charge in [-0.2, -0.15) is 4.40 Å². The van der Waals surface area contributed by atoms with E-state index in [9.17, 15) is 9.00 Å². The minimum atomic E-state index is -1.21. The van der Waals surface area contributed by atoms with Crippen LogP contribution in [0.4, 0.5) is 4.79 Å². The maximum atomic E-state index is 11.9. The standard InChI is InChI=1S/C15H28N2O3S/c1-14(2,3)20-13(18)17-9-7-12(8-10-17)11-16-21(19)15(4,5)6/h11-12H,7-10H2,1-6H3/t21-/m1/s1. The van der Waals surface area contributed by atoms with Crippen LogP contribution in [-0.4, -0.2) is 44.9 Å². The average molecular weight is 316 g/mol. The lowest BCUT2D eigenvalue weighted by atomic mass is 9.99. The predicted molar refractivity (Wildman–Crippen MR) is 86.9 cm³/mol.